The molecule has 0 aliphatic rings. The Morgan fingerprint density at radius 3 is 2.62 bits per heavy atom. The molecule has 0 atom stereocenters. The zero-order valence-electron chi connectivity index (χ0n) is 9.98. The highest BCUT2D eigenvalue weighted by Crippen LogP contribution is 2.01. The molecular formula is C15H19N. The van der Waals surface area contributed by atoms with Crippen LogP contribution >= 0.6 is 0 Å². The van der Waals surface area contributed by atoms with Gasteiger partial charge >= 0.3 is 0 Å². The summed E-state index contributed by atoms with van der Waals surface area (Å²) in [6.07, 6.45) is 10.5. The lowest BCUT2D eigenvalue weighted by molar-refractivity contribution is 0.915. The number of likely N-dealkylation sites (N-methyl/N-ethyl adjacent to an activating group) is 1. The van der Waals surface area contributed by atoms with Crippen molar-refractivity contribution in [2.24, 2.45) is 0 Å². The Morgan fingerprint density at radius 1 is 1.19 bits per heavy atom. The average Bonchev–Trinajstić information content (AvgIpc) is 2.33. The Bertz CT molecular complexity index is 372. The number of nitrogens with one attached hydrogen (secondary N) is 1. The predicted molar refractivity (Wildman–Crippen MR) is 72.3 cm³/mol. The number of hydrogen-bond donors (Lipinski definition) is 1. The smallest absolute Gasteiger partial charge is 0.0137 e. The summed E-state index contributed by atoms with van der Waals surface area (Å²) in [5.41, 5.74) is 2.50. The van der Waals surface area contributed by atoms with Crippen molar-refractivity contribution in [1.29, 1.82) is 0 Å². The number of benzene rings is 1. The molecule has 0 fully saturated rings. The van der Waals surface area contributed by atoms with Crippen LogP contribution in [0.4, 0.5) is 0 Å². The molecule has 1 heteroatoms. The zero-order valence-corrected chi connectivity index (χ0v) is 9.98. The van der Waals surface area contributed by atoms with Crippen LogP contribution in [-0.4, -0.2) is 13.6 Å². The van der Waals surface area contributed by atoms with E-state index in [2.05, 4.69) is 54.8 Å². The van der Waals surface area contributed by atoms with Crippen molar-refractivity contribution in [2.75, 3.05) is 13.6 Å². The van der Waals surface area contributed by atoms with Crippen LogP contribution in [0.2, 0.25) is 0 Å². The zero-order chi connectivity index (χ0) is 11.6. The Balaban J connectivity index is 2.45. The molecule has 84 valence electrons. The largest absolute Gasteiger partial charge is 0.316 e. The standard InChI is InChI=1S/C15H19N/c1-14(12-13-16-2)8-6-7-11-15-9-4-3-5-10-15/h3-12,16H,13H2,1-2H3/b8-6-,11-7+,14-12-. The van der Waals surface area contributed by atoms with Gasteiger partial charge in [0.05, 0.1) is 0 Å². The lowest BCUT2D eigenvalue weighted by Gasteiger charge is -1.92. The van der Waals surface area contributed by atoms with E-state index >= 15 is 0 Å². The van der Waals surface area contributed by atoms with Gasteiger partial charge in [-0.05, 0) is 19.5 Å². The quantitative estimate of drug-likeness (QED) is 0.739. The van der Waals surface area contributed by atoms with Crippen LogP contribution in [0.1, 0.15) is 12.5 Å². The van der Waals surface area contributed by atoms with Crippen LogP contribution in [0.5, 0.6) is 0 Å². The molecule has 1 nitrogen and oxygen atoms in total. The first-order chi connectivity index (χ1) is 7.83. The van der Waals surface area contributed by atoms with Gasteiger partial charge in [-0.2, -0.15) is 0 Å². The normalized spacial score (nSPS) is 12.8. The maximum Gasteiger partial charge on any atom is 0.0137 e. The molecule has 0 radical (unpaired) electrons. The highest BCUT2D eigenvalue weighted by Gasteiger charge is 1.81. The van der Waals surface area contributed by atoms with E-state index in [9.17, 15) is 0 Å². The first-order valence-electron chi connectivity index (χ1n) is 5.54. The van der Waals surface area contributed by atoms with Gasteiger partial charge < -0.3 is 5.32 Å². The summed E-state index contributed by atoms with van der Waals surface area (Å²) in [4.78, 5) is 0. The van der Waals surface area contributed by atoms with Crippen molar-refractivity contribution < 1.29 is 0 Å². The summed E-state index contributed by atoms with van der Waals surface area (Å²) in [5.74, 6) is 0. The maximum absolute atomic E-state index is 3.09. The fraction of sp³-hybridized carbons (Fsp3) is 0.200. The third kappa shape index (κ3) is 5.32. The van der Waals surface area contributed by atoms with Crippen molar-refractivity contribution in [3.63, 3.8) is 0 Å². The van der Waals surface area contributed by atoms with Gasteiger partial charge in [-0.1, -0.05) is 66.3 Å². The molecule has 0 aromatic heterocycles. The van der Waals surface area contributed by atoms with E-state index in [0.717, 1.165) is 6.54 Å². The molecule has 16 heavy (non-hydrogen) atoms. The lowest BCUT2D eigenvalue weighted by Crippen LogP contribution is -2.04. The van der Waals surface area contributed by atoms with Crippen molar-refractivity contribution in [2.45, 2.75) is 6.92 Å². The summed E-state index contributed by atoms with van der Waals surface area (Å²) < 4.78 is 0. The summed E-state index contributed by atoms with van der Waals surface area (Å²) >= 11 is 0. The highest BCUT2D eigenvalue weighted by molar-refractivity contribution is 5.50. The molecule has 0 bridgehead atoms. The van der Waals surface area contributed by atoms with Crippen molar-refractivity contribution in [1.82, 2.24) is 5.32 Å². The molecular weight excluding hydrogens is 194 g/mol. The summed E-state index contributed by atoms with van der Waals surface area (Å²) in [5, 5.41) is 3.09. The third-order valence-electron chi connectivity index (χ3n) is 2.19. The highest BCUT2D eigenvalue weighted by atomic mass is 14.8. The molecule has 1 rings (SSSR count). The molecule has 0 aliphatic heterocycles. The predicted octanol–water partition coefficient (Wildman–Crippen LogP) is 3.42. The van der Waals surface area contributed by atoms with Gasteiger partial charge in [0.15, 0.2) is 0 Å². The second-order valence-electron chi connectivity index (χ2n) is 3.63. The average molecular weight is 213 g/mol. The van der Waals surface area contributed by atoms with Gasteiger partial charge in [-0.15, -0.1) is 0 Å². The first kappa shape index (κ1) is 12.5. The minimum absolute atomic E-state index is 0.915. The van der Waals surface area contributed by atoms with E-state index in [4.69, 9.17) is 0 Å². The third-order valence-corrected chi connectivity index (χ3v) is 2.19. The SMILES string of the molecule is CNC\C=C(C)/C=C\C=C\c1ccccc1. The van der Waals surface area contributed by atoms with Gasteiger partial charge in [-0.25, -0.2) is 0 Å². The van der Waals surface area contributed by atoms with Crippen LogP contribution in [0.3, 0.4) is 0 Å². The van der Waals surface area contributed by atoms with E-state index in [1.807, 2.05) is 25.2 Å². The van der Waals surface area contributed by atoms with Crippen molar-refractivity contribution in [3.8, 4) is 0 Å². The van der Waals surface area contributed by atoms with E-state index in [1.165, 1.54) is 11.1 Å². The Labute approximate surface area is 98.2 Å². The lowest BCUT2D eigenvalue weighted by atomic mass is 10.2. The molecule has 0 saturated carbocycles. The summed E-state index contributed by atoms with van der Waals surface area (Å²) in [6.45, 7) is 3.02. The van der Waals surface area contributed by atoms with Crippen LogP contribution in [0, 0.1) is 0 Å². The summed E-state index contributed by atoms with van der Waals surface area (Å²) in [7, 11) is 1.95. The molecule has 0 amide bonds. The molecule has 0 saturated heterocycles. The first-order valence-corrected chi connectivity index (χ1v) is 5.54. The molecule has 0 unspecified atom stereocenters. The van der Waals surface area contributed by atoms with E-state index < -0.39 is 0 Å². The number of allylic oxidation sites excluding steroid dienone is 4. The van der Waals surface area contributed by atoms with Gasteiger partial charge in [-0.3, -0.25) is 0 Å². The minimum Gasteiger partial charge on any atom is -0.316 e. The van der Waals surface area contributed by atoms with Crippen LogP contribution < -0.4 is 5.32 Å². The Hall–Kier alpha value is -1.60. The van der Waals surface area contributed by atoms with E-state index in [1.54, 1.807) is 0 Å². The fourth-order valence-corrected chi connectivity index (χ4v) is 1.27. The second kappa shape index (κ2) is 7.66. The minimum atomic E-state index is 0.915. The molecule has 1 N–H and O–H groups in total. The fourth-order valence-electron chi connectivity index (χ4n) is 1.27. The number of rotatable bonds is 5. The van der Waals surface area contributed by atoms with E-state index in [-0.39, 0.29) is 0 Å². The van der Waals surface area contributed by atoms with Gasteiger partial charge in [0.1, 0.15) is 0 Å². The monoisotopic (exact) mass is 213 g/mol. The van der Waals surface area contributed by atoms with Crippen LogP contribution in [0.25, 0.3) is 6.08 Å². The second-order valence-corrected chi connectivity index (χ2v) is 3.63. The molecule has 0 heterocycles. The Morgan fingerprint density at radius 2 is 1.94 bits per heavy atom. The van der Waals surface area contributed by atoms with Gasteiger partial charge in [0.25, 0.3) is 0 Å². The summed E-state index contributed by atoms with van der Waals surface area (Å²) in [6, 6.07) is 10.3. The van der Waals surface area contributed by atoms with Crippen molar-refractivity contribution >= 4 is 6.08 Å². The van der Waals surface area contributed by atoms with E-state index in [0.29, 0.717) is 0 Å². The number of hydrogen-bond acceptors (Lipinski definition) is 1. The van der Waals surface area contributed by atoms with Crippen LogP contribution in [0.15, 0.2) is 60.2 Å². The van der Waals surface area contributed by atoms with Crippen LogP contribution in [-0.2, 0) is 0 Å². The Kier molecular flexibility index (Phi) is 5.97. The molecule has 0 aliphatic carbocycles. The molecule has 1 aromatic carbocycles. The van der Waals surface area contributed by atoms with Gasteiger partial charge in [0, 0.05) is 6.54 Å². The molecule has 0 spiro atoms. The van der Waals surface area contributed by atoms with Gasteiger partial charge in [0.2, 0.25) is 0 Å². The van der Waals surface area contributed by atoms with Crippen molar-refractivity contribution in [3.05, 3.63) is 65.8 Å². The topological polar surface area (TPSA) is 12.0 Å². The molecule has 1 aromatic rings. The maximum atomic E-state index is 3.09.